The van der Waals surface area contributed by atoms with Crippen LogP contribution in [0.3, 0.4) is 0 Å². The first-order valence-corrected chi connectivity index (χ1v) is 5.53. The SMILES string of the molecule is CCOc1ccc(-c2cc(C)[nH]n2)cc1Cl. The average Bonchev–Trinajstić information content (AvgIpc) is 2.68. The van der Waals surface area contributed by atoms with Crippen molar-refractivity contribution in [1.29, 1.82) is 0 Å². The second-order valence-electron chi connectivity index (χ2n) is 3.51. The van der Waals surface area contributed by atoms with Crippen LogP contribution in [0.25, 0.3) is 11.3 Å². The number of aryl methyl sites for hydroxylation is 1. The molecule has 2 aromatic rings. The summed E-state index contributed by atoms with van der Waals surface area (Å²) < 4.78 is 5.37. The number of nitrogens with one attached hydrogen (secondary N) is 1. The number of hydrogen-bond acceptors (Lipinski definition) is 2. The lowest BCUT2D eigenvalue weighted by Crippen LogP contribution is -1.92. The van der Waals surface area contributed by atoms with Gasteiger partial charge in [-0.3, -0.25) is 5.10 Å². The summed E-state index contributed by atoms with van der Waals surface area (Å²) in [5.41, 5.74) is 2.90. The van der Waals surface area contributed by atoms with E-state index in [1.807, 2.05) is 38.1 Å². The molecule has 16 heavy (non-hydrogen) atoms. The fraction of sp³-hybridized carbons (Fsp3) is 0.250. The van der Waals surface area contributed by atoms with Crippen LogP contribution in [0.15, 0.2) is 24.3 Å². The monoisotopic (exact) mass is 236 g/mol. The molecular formula is C12H13ClN2O. The molecule has 0 unspecified atom stereocenters. The Hall–Kier alpha value is -1.48. The summed E-state index contributed by atoms with van der Waals surface area (Å²) >= 11 is 6.10. The second kappa shape index (κ2) is 4.58. The molecule has 1 aromatic carbocycles. The normalized spacial score (nSPS) is 10.4. The number of halogens is 1. The first kappa shape index (κ1) is 11.0. The molecular weight excluding hydrogens is 224 g/mol. The van der Waals surface area contributed by atoms with Crippen LogP contribution in [-0.4, -0.2) is 16.8 Å². The lowest BCUT2D eigenvalue weighted by atomic mass is 10.1. The molecule has 0 radical (unpaired) electrons. The molecule has 0 aliphatic rings. The number of benzene rings is 1. The second-order valence-corrected chi connectivity index (χ2v) is 3.92. The number of nitrogens with zero attached hydrogens (tertiary/aromatic N) is 1. The highest BCUT2D eigenvalue weighted by Gasteiger charge is 2.06. The van der Waals surface area contributed by atoms with Crippen molar-refractivity contribution < 1.29 is 4.74 Å². The number of rotatable bonds is 3. The molecule has 0 bridgehead atoms. The fourth-order valence-electron chi connectivity index (χ4n) is 1.50. The van der Waals surface area contributed by atoms with Crippen molar-refractivity contribution in [2.45, 2.75) is 13.8 Å². The Bertz CT molecular complexity index is 494. The molecule has 0 aliphatic carbocycles. The topological polar surface area (TPSA) is 37.9 Å². The van der Waals surface area contributed by atoms with Crippen molar-refractivity contribution in [2.24, 2.45) is 0 Å². The van der Waals surface area contributed by atoms with Gasteiger partial charge in [-0.15, -0.1) is 0 Å². The van der Waals surface area contributed by atoms with E-state index in [1.165, 1.54) is 0 Å². The number of aromatic nitrogens is 2. The molecule has 2 rings (SSSR count). The Morgan fingerprint density at radius 3 is 2.75 bits per heavy atom. The van der Waals surface area contributed by atoms with Crippen LogP contribution >= 0.6 is 11.6 Å². The van der Waals surface area contributed by atoms with E-state index in [0.717, 1.165) is 17.0 Å². The Labute approximate surface area is 99.4 Å². The van der Waals surface area contributed by atoms with Gasteiger partial charge < -0.3 is 4.74 Å². The van der Waals surface area contributed by atoms with Gasteiger partial charge in [0, 0.05) is 11.3 Å². The Kier molecular flexibility index (Phi) is 3.15. The summed E-state index contributed by atoms with van der Waals surface area (Å²) in [7, 11) is 0. The maximum absolute atomic E-state index is 6.10. The third-order valence-electron chi connectivity index (χ3n) is 2.23. The zero-order valence-corrected chi connectivity index (χ0v) is 10.0. The van der Waals surface area contributed by atoms with E-state index in [9.17, 15) is 0 Å². The Morgan fingerprint density at radius 1 is 1.38 bits per heavy atom. The molecule has 0 saturated carbocycles. The predicted molar refractivity (Wildman–Crippen MR) is 64.9 cm³/mol. The van der Waals surface area contributed by atoms with E-state index in [1.54, 1.807) is 0 Å². The van der Waals surface area contributed by atoms with E-state index in [-0.39, 0.29) is 0 Å². The molecule has 4 heteroatoms. The summed E-state index contributed by atoms with van der Waals surface area (Å²) in [6.45, 7) is 4.51. The quantitative estimate of drug-likeness (QED) is 0.887. The number of hydrogen-bond donors (Lipinski definition) is 1. The van der Waals surface area contributed by atoms with Crippen LogP contribution < -0.4 is 4.74 Å². The molecule has 0 saturated heterocycles. The van der Waals surface area contributed by atoms with E-state index < -0.39 is 0 Å². The first-order chi connectivity index (χ1) is 7.70. The Morgan fingerprint density at radius 2 is 2.19 bits per heavy atom. The number of H-pyrrole nitrogens is 1. The third kappa shape index (κ3) is 2.19. The standard InChI is InChI=1S/C12H13ClN2O/c1-3-16-12-5-4-9(7-10(12)13)11-6-8(2)14-15-11/h4-7H,3H2,1-2H3,(H,14,15). The van der Waals surface area contributed by atoms with Crippen LogP contribution in [0.5, 0.6) is 5.75 Å². The van der Waals surface area contributed by atoms with E-state index in [4.69, 9.17) is 16.3 Å². The molecule has 1 heterocycles. The van der Waals surface area contributed by atoms with E-state index in [0.29, 0.717) is 17.4 Å². The van der Waals surface area contributed by atoms with Crippen LogP contribution in [-0.2, 0) is 0 Å². The van der Waals surface area contributed by atoms with Gasteiger partial charge in [0.05, 0.1) is 17.3 Å². The molecule has 0 aliphatic heterocycles. The summed E-state index contributed by atoms with van der Waals surface area (Å²) in [6.07, 6.45) is 0. The molecule has 84 valence electrons. The maximum atomic E-state index is 6.10. The van der Waals surface area contributed by atoms with Crippen molar-refractivity contribution in [1.82, 2.24) is 10.2 Å². The molecule has 3 nitrogen and oxygen atoms in total. The van der Waals surface area contributed by atoms with Crippen molar-refractivity contribution >= 4 is 11.6 Å². The predicted octanol–water partition coefficient (Wildman–Crippen LogP) is 3.44. The van der Waals surface area contributed by atoms with Crippen LogP contribution in [0.1, 0.15) is 12.6 Å². The summed E-state index contributed by atoms with van der Waals surface area (Å²) in [5.74, 6) is 0.708. The van der Waals surface area contributed by atoms with Crippen LogP contribution in [0, 0.1) is 6.92 Å². The van der Waals surface area contributed by atoms with Gasteiger partial charge in [-0.05, 0) is 38.1 Å². The lowest BCUT2D eigenvalue weighted by molar-refractivity contribution is 0.340. The minimum Gasteiger partial charge on any atom is -0.492 e. The van der Waals surface area contributed by atoms with E-state index in [2.05, 4.69) is 10.2 Å². The van der Waals surface area contributed by atoms with Crippen molar-refractivity contribution in [3.63, 3.8) is 0 Å². The zero-order valence-electron chi connectivity index (χ0n) is 9.25. The molecule has 0 spiro atoms. The largest absolute Gasteiger partial charge is 0.492 e. The zero-order chi connectivity index (χ0) is 11.5. The Balaban J connectivity index is 2.34. The van der Waals surface area contributed by atoms with Gasteiger partial charge in [0.15, 0.2) is 0 Å². The fourth-order valence-corrected chi connectivity index (χ4v) is 1.73. The van der Waals surface area contributed by atoms with Gasteiger partial charge in [0.2, 0.25) is 0 Å². The molecule has 0 amide bonds. The highest BCUT2D eigenvalue weighted by molar-refractivity contribution is 6.32. The molecule has 0 fully saturated rings. The van der Waals surface area contributed by atoms with Gasteiger partial charge >= 0.3 is 0 Å². The maximum Gasteiger partial charge on any atom is 0.137 e. The summed E-state index contributed by atoms with van der Waals surface area (Å²) in [6, 6.07) is 7.66. The lowest BCUT2D eigenvalue weighted by Gasteiger charge is -2.06. The third-order valence-corrected chi connectivity index (χ3v) is 2.53. The van der Waals surface area contributed by atoms with Gasteiger partial charge in [0.1, 0.15) is 5.75 Å². The van der Waals surface area contributed by atoms with Crippen LogP contribution in [0.4, 0.5) is 0 Å². The average molecular weight is 237 g/mol. The summed E-state index contributed by atoms with van der Waals surface area (Å²) in [5, 5.41) is 7.69. The van der Waals surface area contributed by atoms with Crippen molar-refractivity contribution in [2.75, 3.05) is 6.61 Å². The highest BCUT2D eigenvalue weighted by Crippen LogP contribution is 2.29. The van der Waals surface area contributed by atoms with E-state index >= 15 is 0 Å². The smallest absolute Gasteiger partial charge is 0.137 e. The van der Waals surface area contributed by atoms with Gasteiger partial charge in [0.25, 0.3) is 0 Å². The first-order valence-electron chi connectivity index (χ1n) is 5.15. The molecule has 1 N–H and O–H groups in total. The van der Waals surface area contributed by atoms with Gasteiger partial charge in [-0.2, -0.15) is 5.10 Å². The molecule has 1 aromatic heterocycles. The van der Waals surface area contributed by atoms with Crippen LogP contribution in [0.2, 0.25) is 5.02 Å². The number of ether oxygens (including phenoxy) is 1. The van der Waals surface area contributed by atoms with Crippen molar-refractivity contribution in [3.05, 3.63) is 35.0 Å². The van der Waals surface area contributed by atoms with Gasteiger partial charge in [-0.1, -0.05) is 11.6 Å². The minimum absolute atomic E-state index is 0.611. The highest BCUT2D eigenvalue weighted by atomic mass is 35.5. The molecule has 0 atom stereocenters. The van der Waals surface area contributed by atoms with Gasteiger partial charge in [-0.25, -0.2) is 0 Å². The minimum atomic E-state index is 0.611. The van der Waals surface area contributed by atoms with Crippen molar-refractivity contribution in [3.8, 4) is 17.0 Å². The summed E-state index contributed by atoms with van der Waals surface area (Å²) in [4.78, 5) is 0. The number of aromatic amines is 1.